The summed E-state index contributed by atoms with van der Waals surface area (Å²) in [5.41, 5.74) is 1.94. The summed E-state index contributed by atoms with van der Waals surface area (Å²) in [7, 11) is 0. The number of benzene rings is 1. The van der Waals surface area contributed by atoms with Crippen LogP contribution in [0.15, 0.2) is 47.1 Å². The number of amides is 1. The second-order valence-corrected chi connectivity index (χ2v) is 8.33. The summed E-state index contributed by atoms with van der Waals surface area (Å²) in [6.07, 6.45) is 7.44. The van der Waals surface area contributed by atoms with Gasteiger partial charge in [-0.05, 0) is 56.5 Å². The molecule has 6 nitrogen and oxygen atoms in total. The highest BCUT2D eigenvalue weighted by Crippen LogP contribution is 2.24. The molecule has 1 N–H and O–H groups in total. The third-order valence-electron chi connectivity index (χ3n) is 5.50. The van der Waals surface area contributed by atoms with Crippen molar-refractivity contribution in [2.24, 2.45) is 0 Å². The van der Waals surface area contributed by atoms with Gasteiger partial charge < -0.3 is 14.3 Å². The van der Waals surface area contributed by atoms with Gasteiger partial charge in [-0.1, -0.05) is 18.6 Å². The molecule has 3 aromatic rings. The molecule has 7 heteroatoms. The SMILES string of the molecule is CSCc1nc2ccccc2n1CC(=O)NCC(c1ccco1)N1CCCCC1. The van der Waals surface area contributed by atoms with Gasteiger partial charge in [-0.25, -0.2) is 4.98 Å². The molecule has 1 saturated heterocycles. The fourth-order valence-corrected chi connectivity index (χ4v) is 4.55. The van der Waals surface area contributed by atoms with E-state index < -0.39 is 0 Å². The highest BCUT2D eigenvalue weighted by Gasteiger charge is 2.25. The van der Waals surface area contributed by atoms with Crippen LogP contribution in [0, 0.1) is 0 Å². The van der Waals surface area contributed by atoms with Crippen molar-refractivity contribution >= 4 is 28.7 Å². The number of aromatic nitrogens is 2. The van der Waals surface area contributed by atoms with E-state index in [0.717, 1.165) is 41.5 Å². The Labute approximate surface area is 175 Å². The summed E-state index contributed by atoms with van der Waals surface area (Å²) in [6.45, 7) is 2.93. The molecule has 0 aliphatic carbocycles. The van der Waals surface area contributed by atoms with E-state index in [1.165, 1.54) is 19.3 Å². The van der Waals surface area contributed by atoms with Crippen LogP contribution in [0.4, 0.5) is 0 Å². The predicted octanol–water partition coefficient (Wildman–Crippen LogP) is 3.84. The number of hydrogen-bond acceptors (Lipinski definition) is 5. The minimum atomic E-state index is 0.00377. The molecular weight excluding hydrogens is 384 g/mol. The van der Waals surface area contributed by atoms with Gasteiger partial charge in [0.05, 0.1) is 29.1 Å². The van der Waals surface area contributed by atoms with Crippen molar-refractivity contribution in [3.05, 3.63) is 54.2 Å². The van der Waals surface area contributed by atoms with E-state index in [4.69, 9.17) is 9.40 Å². The maximum Gasteiger partial charge on any atom is 0.240 e. The number of hydrogen-bond donors (Lipinski definition) is 1. The molecule has 1 fully saturated rings. The molecule has 0 saturated carbocycles. The number of likely N-dealkylation sites (tertiary alicyclic amines) is 1. The Morgan fingerprint density at radius 2 is 2.03 bits per heavy atom. The van der Waals surface area contributed by atoms with Crippen molar-refractivity contribution in [2.75, 3.05) is 25.9 Å². The Morgan fingerprint density at radius 1 is 1.21 bits per heavy atom. The van der Waals surface area contributed by atoms with Crippen molar-refractivity contribution in [1.29, 1.82) is 0 Å². The second-order valence-electron chi connectivity index (χ2n) is 7.47. The van der Waals surface area contributed by atoms with Crippen LogP contribution >= 0.6 is 11.8 Å². The lowest BCUT2D eigenvalue weighted by molar-refractivity contribution is -0.122. The number of rotatable bonds is 8. The van der Waals surface area contributed by atoms with Gasteiger partial charge in [0.15, 0.2) is 0 Å². The number of carbonyl (C=O) groups excluding carboxylic acids is 1. The first-order chi connectivity index (χ1) is 14.3. The molecule has 1 unspecified atom stereocenters. The van der Waals surface area contributed by atoms with Crippen molar-refractivity contribution < 1.29 is 9.21 Å². The topological polar surface area (TPSA) is 63.3 Å². The van der Waals surface area contributed by atoms with E-state index in [2.05, 4.69) is 16.5 Å². The lowest BCUT2D eigenvalue weighted by Crippen LogP contribution is -2.41. The van der Waals surface area contributed by atoms with Crippen LogP contribution in [0.2, 0.25) is 0 Å². The summed E-state index contributed by atoms with van der Waals surface area (Å²) in [4.78, 5) is 20.0. The Hall–Kier alpha value is -2.25. The van der Waals surface area contributed by atoms with Crippen molar-refractivity contribution in [3.63, 3.8) is 0 Å². The van der Waals surface area contributed by atoms with E-state index in [9.17, 15) is 4.79 Å². The van der Waals surface area contributed by atoms with E-state index in [1.807, 2.05) is 41.0 Å². The number of para-hydroxylation sites is 2. The summed E-state index contributed by atoms with van der Waals surface area (Å²) in [6, 6.07) is 12.0. The number of furan rings is 1. The molecule has 0 spiro atoms. The highest BCUT2D eigenvalue weighted by atomic mass is 32.2. The van der Waals surface area contributed by atoms with Crippen LogP contribution in [-0.2, 0) is 17.1 Å². The monoisotopic (exact) mass is 412 g/mol. The standard InChI is InChI=1S/C22H28N4O2S/c1-29-16-21-24-17-8-3-4-9-18(17)26(21)15-22(27)23-14-19(20-10-7-13-28-20)25-11-5-2-6-12-25/h3-4,7-10,13,19H,2,5-6,11-12,14-16H2,1H3,(H,23,27). The summed E-state index contributed by atoms with van der Waals surface area (Å²) in [5, 5.41) is 3.14. The second kappa shape index (κ2) is 9.50. The van der Waals surface area contributed by atoms with Gasteiger partial charge in [0.2, 0.25) is 5.91 Å². The van der Waals surface area contributed by atoms with Crippen LogP contribution in [-0.4, -0.2) is 46.2 Å². The predicted molar refractivity (Wildman–Crippen MR) is 117 cm³/mol. The maximum absolute atomic E-state index is 12.9. The Balaban J connectivity index is 1.46. The molecule has 0 radical (unpaired) electrons. The van der Waals surface area contributed by atoms with E-state index in [0.29, 0.717) is 6.54 Å². The minimum Gasteiger partial charge on any atom is -0.468 e. The molecule has 4 rings (SSSR count). The number of nitrogens with zero attached hydrogens (tertiary/aromatic N) is 3. The Morgan fingerprint density at radius 3 is 2.79 bits per heavy atom. The smallest absolute Gasteiger partial charge is 0.240 e. The zero-order valence-corrected chi connectivity index (χ0v) is 17.7. The average molecular weight is 413 g/mol. The number of nitrogens with one attached hydrogen (secondary N) is 1. The quantitative estimate of drug-likeness (QED) is 0.609. The zero-order valence-electron chi connectivity index (χ0n) is 16.8. The van der Waals surface area contributed by atoms with Gasteiger partial charge in [-0.15, -0.1) is 0 Å². The normalized spacial score (nSPS) is 16.2. The third kappa shape index (κ3) is 4.67. The van der Waals surface area contributed by atoms with Gasteiger partial charge >= 0.3 is 0 Å². The number of thioether (sulfide) groups is 1. The first kappa shape index (κ1) is 20.0. The van der Waals surface area contributed by atoms with Gasteiger partial charge in [0.1, 0.15) is 18.1 Å². The lowest BCUT2D eigenvalue weighted by atomic mass is 10.1. The van der Waals surface area contributed by atoms with Crippen LogP contribution in [0.25, 0.3) is 11.0 Å². The molecule has 1 amide bonds. The molecule has 1 aromatic carbocycles. The van der Waals surface area contributed by atoms with Crippen LogP contribution in [0.5, 0.6) is 0 Å². The Bertz CT molecular complexity index is 932. The summed E-state index contributed by atoms with van der Waals surface area (Å²) in [5.74, 6) is 2.64. The fourth-order valence-electron chi connectivity index (χ4n) is 4.07. The molecule has 0 bridgehead atoms. The van der Waals surface area contributed by atoms with Gasteiger partial charge in [-0.2, -0.15) is 11.8 Å². The van der Waals surface area contributed by atoms with Crippen LogP contribution in [0.3, 0.4) is 0 Å². The fraction of sp³-hybridized carbons (Fsp3) is 0.455. The molecule has 1 aliphatic heterocycles. The Kier molecular flexibility index (Phi) is 6.56. The first-order valence-electron chi connectivity index (χ1n) is 10.2. The maximum atomic E-state index is 12.9. The van der Waals surface area contributed by atoms with Crippen molar-refractivity contribution in [3.8, 4) is 0 Å². The van der Waals surface area contributed by atoms with Crippen LogP contribution < -0.4 is 5.32 Å². The van der Waals surface area contributed by atoms with Gasteiger partial charge in [-0.3, -0.25) is 9.69 Å². The van der Waals surface area contributed by atoms with E-state index in [-0.39, 0.29) is 18.5 Å². The average Bonchev–Trinajstić information content (AvgIpc) is 3.38. The van der Waals surface area contributed by atoms with Crippen molar-refractivity contribution in [1.82, 2.24) is 19.8 Å². The van der Waals surface area contributed by atoms with Gasteiger partial charge in [0, 0.05) is 6.54 Å². The number of imidazole rings is 1. The highest BCUT2D eigenvalue weighted by molar-refractivity contribution is 7.97. The number of piperidine rings is 1. The molecule has 2 aromatic heterocycles. The van der Waals surface area contributed by atoms with Crippen molar-refractivity contribution in [2.45, 2.75) is 37.6 Å². The molecule has 1 aliphatic rings. The van der Waals surface area contributed by atoms with E-state index >= 15 is 0 Å². The van der Waals surface area contributed by atoms with Crippen LogP contribution in [0.1, 0.15) is 36.9 Å². The molecule has 29 heavy (non-hydrogen) atoms. The molecule has 3 heterocycles. The zero-order chi connectivity index (χ0) is 20.1. The summed E-state index contributed by atoms with van der Waals surface area (Å²) >= 11 is 1.71. The van der Waals surface area contributed by atoms with Gasteiger partial charge in [0.25, 0.3) is 0 Å². The molecule has 154 valence electrons. The third-order valence-corrected chi connectivity index (χ3v) is 6.05. The number of carbonyl (C=O) groups is 1. The largest absolute Gasteiger partial charge is 0.468 e. The molecular formula is C22H28N4O2S. The summed E-state index contributed by atoms with van der Waals surface area (Å²) < 4.78 is 7.72. The van der Waals surface area contributed by atoms with E-state index in [1.54, 1.807) is 18.0 Å². The first-order valence-corrected chi connectivity index (χ1v) is 11.6. The number of fused-ring (bicyclic) bond motifs is 1. The molecule has 1 atom stereocenters. The minimum absolute atomic E-state index is 0.00377. The lowest BCUT2D eigenvalue weighted by Gasteiger charge is -2.33.